The van der Waals surface area contributed by atoms with Crippen molar-refractivity contribution in [2.24, 2.45) is 0 Å². The van der Waals surface area contributed by atoms with Crippen LogP contribution in [-0.2, 0) is 5.67 Å². The molecule has 1 rings (SSSR count). The van der Waals surface area contributed by atoms with Crippen molar-refractivity contribution in [3.05, 3.63) is 35.9 Å². The van der Waals surface area contributed by atoms with Crippen LogP contribution in [0.1, 0.15) is 12.5 Å². The molecule has 1 aromatic rings. The van der Waals surface area contributed by atoms with E-state index in [0.29, 0.717) is 4.43 Å². The van der Waals surface area contributed by atoms with Gasteiger partial charge in [-0.05, 0) is 12.5 Å². The van der Waals surface area contributed by atoms with Crippen LogP contribution in [0, 0.1) is 0 Å². The van der Waals surface area contributed by atoms with Gasteiger partial charge < -0.3 is 0 Å². The highest BCUT2D eigenvalue weighted by Crippen LogP contribution is 2.26. The molecule has 0 bridgehead atoms. The summed E-state index contributed by atoms with van der Waals surface area (Å²) in [6, 6.07) is 9.25. The lowest BCUT2D eigenvalue weighted by Gasteiger charge is -2.16. The molecule has 0 saturated heterocycles. The summed E-state index contributed by atoms with van der Waals surface area (Å²) < 4.78 is 14.0. The predicted octanol–water partition coefficient (Wildman–Crippen LogP) is 3.31. The second-order valence-corrected chi connectivity index (χ2v) is 3.46. The molecule has 1 unspecified atom stereocenters. The molecule has 0 aromatic heterocycles. The number of benzene rings is 1. The normalized spacial score (nSPS) is 15.9. The Morgan fingerprint density at radius 3 is 2.36 bits per heavy atom. The van der Waals surface area contributed by atoms with Gasteiger partial charge in [-0.25, -0.2) is 4.39 Å². The number of rotatable bonds is 2. The van der Waals surface area contributed by atoms with Crippen LogP contribution in [0.4, 0.5) is 4.39 Å². The van der Waals surface area contributed by atoms with Crippen LogP contribution in [0.3, 0.4) is 0 Å². The quantitative estimate of drug-likeness (QED) is 0.568. The highest BCUT2D eigenvalue weighted by Gasteiger charge is 2.23. The maximum atomic E-state index is 13.5. The first-order valence-corrected chi connectivity index (χ1v) is 5.00. The molecular formula is C9H10FI. The average molecular weight is 264 g/mol. The maximum absolute atomic E-state index is 13.5. The molecule has 1 aromatic carbocycles. The van der Waals surface area contributed by atoms with Gasteiger partial charge in [-0.1, -0.05) is 52.9 Å². The highest BCUT2D eigenvalue weighted by molar-refractivity contribution is 14.1. The van der Waals surface area contributed by atoms with Crippen molar-refractivity contribution in [1.82, 2.24) is 0 Å². The summed E-state index contributed by atoms with van der Waals surface area (Å²) in [5.74, 6) is 0. The fourth-order valence-electron chi connectivity index (χ4n) is 0.863. The number of hydrogen-bond acceptors (Lipinski definition) is 0. The lowest BCUT2D eigenvalue weighted by molar-refractivity contribution is 0.233. The zero-order valence-electron chi connectivity index (χ0n) is 6.35. The second kappa shape index (κ2) is 3.52. The molecule has 0 heterocycles. The van der Waals surface area contributed by atoms with Crippen LogP contribution in [0.25, 0.3) is 0 Å². The van der Waals surface area contributed by atoms with Crippen molar-refractivity contribution in [3.63, 3.8) is 0 Å². The third kappa shape index (κ3) is 2.15. The van der Waals surface area contributed by atoms with Crippen molar-refractivity contribution in [3.8, 4) is 0 Å². The van der Waals surface area contributed by atoms with Crippen molar-refractivity contribution in [2.75, 3.05) is 4.43 Å². The van der Waals surface area contributed by atoms with E-state index in [1.54, 1.807) is 6.92 Å². The Bertz CT molecular complexity index is 218. The highest BCUT2D eigenvalue weighted by atomic mass is 127. The van der Waals surface area contributed by atoms with Gasteiger partial charge in [-0.2, -0.15) is 0 Å². The lowest BCUT2D eigenvalue weighted by Crippen LogP contribution is -2.16. The van der Waals surface area contributed by atoms with Crippen LogP contribution in [0.2, 0.25) is 0 Å². The lowest BCUT2D eigenvalue weighted by atomic mass is 10.0. The minimum atomic E-state index is -1.18. The van der Waals surface area contributed by atoms with Crippen molar-refractivity contribution < 1.29 is 4.39 Å². The van der Waals surface area contributed by atoms with Gasteiger partial charge in [-0.3, -0.25) is 0 Å². The van der Waals surface area contributed by atoms with Gasteiger partial charge in [-0.15, -0.1) is 0 Å². The molecule has 0 saturated carbocycles. The summed E-state index contributed by atoms with van der Waals surface area (Å²) in [5.41, 5.74) is -0.420. The molecule has 0 aliphatic carbocycles. The van der Waals surface area contributed by atoms with E-state index < -0.39 is 5.67 Å². The average Bonchev–Trinajstić information content (AvgIpc) is 2.06. The zero-order chi connectivity index (χ0) is 8.32. The largest absolute Gasteiger partial charge is 0.238 e. The molecule has 0 aliphatic rings. The Morgan fingerprint density at radius 2 is 1.91 bits per heavy atom. The maximum Gasteiger partial charge on any atom is 0.142 e. The minimum absolute atomic E-state index is 0.495. The second-order valence-electron chi connectivity index (χ2n) is 2.70. The molecule has 1 atom stereocenters. The van der Waals surface area contributed by atoms with Crippen molar-refractivity contribution >= 4 is 22.6 Å². The Morgan fingerprint density at radius 1 is 1.36 bits per heavy atom. The van der Waals surface area contributed by atoms with Crippen LogP contribution in [0.15, 0.2) is 30.3 Å². The summed E-state index contributed by atoms with van der Waals surface area (Å²) in [6.45, 7) is 1.61. The van der Waals surface area contributed by atoms with E-state index in [0.717, 1.165) is 5.56 Å². The van der Waals surface area contributed by atoms with Gasteiger partial charge in [0.1, 0.15) is 5.67 Å². The molecule has 0 spiro atoms. The zero-order valence-corrected chi connectivity index (χ0v) is 8.51. The Balaban J connectivity index is 2.93. The summed E-state index contributed by atoms with van der Waals surface area (Å²) in [6.07, 6.45) is 0. The summed E-state index contributed by atoms with van der Waals surface area (Å²) in [4.78, 5) is 0. The van der Waals surface area contributed by atoms with Crippen LogP contribution in [0.5, 0.6) is 0 Å². The van der Waals surface area contributed by atoms with Crippen LogP contribution < -0.4 is 0 Å². The minimum Gasteiger partial charge on any atom is -0.238 e. The van der Waals surface area contributed by atoms with Gasteiger partial charge in [0.25, 0.3) is 0 Å². The molecule has 60 valence electrons. The third-order valence-electron chi connectivity index (χ3n) is 1.63. The van der Waals surface area contributed by atoms with Gasteiger partial charge in [0.15, 0.2) is 0 Å². The Labute approximate surface area is 80.0 Å². The van der Waals surface area contributed by atoms with E-state index in [1.165, 1.54) is 0 Å². The van der Waals surface area contributed by atoms with Gasteiger partial charge in [0, 0.05) is 4.43 Å². The predicted molar refractivity (Wildman–Crippen MR) is 53.8 cm³/mol. The van der Waals surface area contributed by atoms with E-state index in [2.05, 4.69) is 22.6 Å². The summed E-state index contributed by atoms with van der Waals surface area (Å²) in [5, 5.41) is 0. The fourth-order valence-corrected chi connectivity index (χ4v) is 1.30. The molecule has 0 nitrogen and oxygen atoms in total. The molecule has 0 aliphatic heterocycles. The number of hydrogen-bond donors (Lipinski definition) is 0. The first kappa shape index (κ1) is 8.97. The molecule has 0 radical (unpaired) electrons. The molecule has 0 fully saturated rings. The molecular weight excluding hydrogens is 254 g/mol. The molecule has 0 N–H and O–H groups in total. The molecule has 0 amide bonds. The van der Waals surface area contributed by atoms with E-state index in [9.17, 15) is 4.39 Å². The Kier molecular flexibility index (Phi) is 2.87. The van der Waals surface area contributed by atoms with Gasteiger partial charge in [0.2, 0.25) is 0 Å². The SMILES string of the molecule is CC(F)(CI)c1ccccc1. The monoisotopic (exact) mass is 264 g/mol. The third-order valence-corrected chi connectivity index (χ3v) is 3.06. The van der Waals surface area contributed by atoms with E-state index in [-0.39, 0.29) is 0 Å². The summed E-state index contributed by atoms with van der Waals surface area (Å²) >= 11 is 2.06. The molecule has 2 heteroatoms. The number of alkyl halides is 2. The fraction of sp³-hybridized carbons (Fsp3) is 0.333. The smallest absolute Gasteiger partial charge is 0.142 e. The van der Waals surface area contributed by atoms with E-state index in [4.69, 9.17) is 0 Å². The summed E-state index contributed by atoms with van der Waals surface area (Å²) in [7, 11) is 0. The van der Waals surface area contributed by atoms with Crippen molar-refractivity contribution in [1.29, 1.82) is 0 Å². The first-order valence-electron chi connectivity index (χ1n) is 3.47. The van der Waals surface area contributed by atoms with Crippen LogP contribution >= 0.6 is 22.6 Å². The number of halogens is 2. The van der Waals surface area contributed by atoms with E-state index in [1.807, 2.05) is 30.3 Å². The standard InChI is InChI=1S/C9H10FI/c1-9(10,7-11)8-5-3-2-4-6-8/h2-6H,7H2,1H3. The topological polar surface area (TPSA) is 0 Å². The van der Waals surface area contributed by atoms with Gasteiger partial charge >= 0.3 is 0 Å². The Hall–Kier alpha value is -0.120. The molecule has 11 heavy (non-hydrogen) atoms. The van der Waals surface area contributed by atoms with Crippen LogP contribution in [-0.4, -0.2) is 4.43 Å². The first-order chi connectivity index (χ1) is 5.17. The van der Waals surface area contributed by atoms with Crippen molar-refractivity contribution in [2.45, 2.75) is 12.6 Å². The van der Waals surface area contributed by atoms with E-state index >= 15 is 0 Å². The van der Waals surface area contributed by atoms with Gasteiger partial charge in [0.05, 0.1) is 0 Å².